The Kier molecular flexibility index (Phi) is 6.63. The summed E-state index contributed by atoms with van der Waals surface area (Å²) in [6.07, 6.45) is 0. The van der Waals surface area contributed by atoms with E-state index in [1.54, 1.807) is 30.0 Å². The van der Waals surface area contributed by atoms with E-state index < -0.39 is 7.60 Å². The molecular formula is C18H17O3PS. The largest absolute Gasteiger partial charge is 0.356 e. The standard InChI is InChI=1S/C12H10S.C6H7O3P/c1-3-7-11(8-4-1)13-12-9-5-2-6-10-12;7-10(8,9)6-4-2-1-3-5-6/h1-10H;1-5H,(H2,7,8,9). The summed E-state index contributed by atoms with van der Waals surface area (Å²) < 4.78 is 10.5. The summed E-state index contributed by atoms with van der Waals surface area (Å²) in [7, 11) is -4.02. The number of rotatable bonds is 3. The Balaban J connectivity index is 0.000000174. The van der Waals surface area contributed by atoms with Gasteiger partial charge in [0.1, 0.15) is 0 Å². The smallest absolute Gasteiger partial charge is 0.321 e. The second-order valence-corrected chi connectivity index (χ2v) is 7.36. The van der Waals surface area contributed by atoms with Crippen LogP contribution in [0.2, 0.25) is 0 Å². The van der Waals surface area contributed by atoms with Crippen LogP contribution in [0, 0.1) is 0 Å². The molecule has 23 heavy (non-hydrogen) atoms. The molecule has 0 atom stereocenters. The number of hydrogen-bond acceptors (Lipinski definition) is 2. The van der Waals surface area contributed by atoms with Gasteiger partial charge in [0, 0.05) is 9.79 Å². The Morgan fingerprint density at radius 1 is 0.609 bits per heavy atom. The average molecular weight is 344 g/mol. The van der Waals surface area contributed by atoms with E-state index in [9.17, 15) is 4.57 Å². The first kappa shape index (κ1) is 17.5. The first-order chi connectivity index (χ1) is 11.1. The van der Waals surface area contributed by atoms with Crippen LogP contribution in [0.1, 0.15) is 0 Å². The highest BCUT2D eigenvalue weighted by Crippen LogP contribution is 2.32. The lowest BCUT2D eigenvalue weighted by molar-refractivity contribution is 0.387. The monoisotopic (exact) mass is 344 g/mol. The maximum atomic E-state index is 10.5. The lowest BCUT2D eigenvalue weighted by atomic mass is 10.4. The molecule has 0 aromatic heterocycles. The maximum Gasteiger partial charge on any atom is 0.356 e. The van der Waals surface area contributed by atoms with Crippen molar-refractivity contribution in [2.45, 2.75) is 9.79 Å². The molecule has 0 unspecified atom stereocenters. The van der Waals surface area contributed by atoms with Gasteiger partial charge in [-0.3, -0.25) is 4.57 Å². The van der Waals surface area contributed by atoms with Crippen LogP contribution in [-0.2, 0) is 4.57 Å². The molecule has 0 aliphatic carbocycles. The lowest BCUT2D eigenvalue weighted by Crippen LogP contribution is -2.01. The summed E-state index contributed by atoms with van der Waals surface area (Å²) in [5.74, 6) is 0. The molecule has 0 saturated carbocycles. The predicted octanol–water partition coefficient (Wildman–Crippen LogP) is 4.33. The molecule has 0 amide bonds. The van der Waals surface area contributed by atoms with Gasteiger partial charge < -0.3 is 9.79 Å². The van der Waals surface area contributed by atoms with Gasteiger partial charge >= 0.3 is 7.60 Å². The lowest BCUT2D eigenvalue weighted by Gasteiger charge is -2.00. The van der Waals surface area contributed by atoms with Gasteiger partial charge in [-0.25, -0.2) is 0 Å². The minimum Gasteiger partial charge on any atom is -0.321 e. The first-order valence-electron chi connectivity index (χ1n) is 6.95. The normalized spacial score (nSPS) is 10.5. The molecule has 0 fully saturated rings. The van der Waals surface area contributed by atoms with E-state index in [-0.39, 0.29) is 5.30 Å². The first-order valence-corrected chi connectivity index (χ1v) is 9.38. The molecule has 0 bridgehead atoms. The van der Waals surface area contributed by atoms with Crippen LogP contribution in [0.5, 0.6) is 0 Å². The van der Waals surface area contributed by atoms with Crippen LogP contribution in [0.15, 0.2) is 101 Å². The second-order valence-electron chi connectivity index (χ2n) is 4.61. The third-order valence-corrected chi connectivity index (χ3v) is 4.80. The minimum atomic E-state index is -4.02. The van der Waals surface area contributed by atoms with Gasteiger partial charge in [-0.1, -0.05) is 66.4 Å². The molecule has 3 nitrogen and oxygen atoms in total. The predicted molar refractivity (Wildman–Crippen MR) is 95.1 cm³/mol. The van der Waals surface area contributed by atoms with Crippen molar-refractivity contribution in [3.05, 3.63) is 91.0 Å². The second kappa shape index (κ2) is 8.70. The van der Waals surface area contributed by atoms with E-state index in [1.165, 1.54) is 21.9 Å². The van der Waals surface area contributed by atoms with Crippen molar-refractivity contribution < 1.29 is 14.4 Å². The fourth-order valence-corrected chi connectivity index (χ4v) is 3.15. The Morgan fingerprint density at radius 2 is 0.957 bits per heavy atom. The molecule has 0 aliphatic rings. The van der Waals surface area contributed by atoms with Crippen LogP contribution >= 0.6 is 19.4 Å². The molecule has 0 radical (unpaired) electrons. The van der Waals surface area contributed by atoms with E-state index in [1.807, 2.05) is 12.1 Å². The van der Waals surface area contributed by atoms with Crippen molar-refractivity contribution in [3.63, 3.8) is 0 Å². The van der Waals surface area contributed by atoms with Gasteiger partial charge in [0.15, 0.2) is 0 Å². The highest BCUT2D eigenvalue weighted by molar-refractivity contribution is 7.99. The van der Waals surface area contributed by atoms with Gasteiger partial charge in [-0.15, -0.1) is 0 Å². The van der Waals surface area contributed by atoms with Gasteiger partial charge in [0.05, 0.1) is 5.30 Å². The van der Waals surface area contributed by atoms with E-state index in [0.717, 1.165) is 0 Å². The molecule has 0 aliphatic heterocycles. The molecule has 2 N–H and O–H groups in total. The molecule has 118 valence electrons. The molecule has 0 saturated heterocycles. The molecule has 0 heterocycles. The molecular weight excluding hydrogens is 327 g/mol. The summed E-state index contributed by atoms with van der Waals surface area (Å²) >= 11 is 1.79. The molecule has 3 rings (SSSR count). The van der Waals surface area contributed by atoms with E-state index >= 15 is 0 Å². The number of hydrogen-bond donors (Lipinski definition) is 2. The van der Waals surface area contributed by atoms with Crippen molar-refractivity contribution in [1.29, 1.82) is 0 Å². The Bertz CT molecular complexity index is 705. The minimum absolute atomic E-state index is 0.0648. The summed E-state index contributed by atoms with van der Waals surface area (Å²) in [5.41, 5.74) is 0. The summed E-state index contributed by atoms with van der Waals surface area (Å²) in [6.45, 7) is 0. The van der Waals surface area contributed by atoms with Gasteiger partial charge in [-0.05, 0) is 36.4 Å². The highest BCUT2D eigenvalue weighted by Gasteiger charge is 2.14. The Morgan fingerprint density at radius 3 is 1.26 bits per heavy atom. The Hall–Kier alpha value is -1.84. The van der Waals surface area contributed by atoms with Crippen molar-refractivity contribution >= 4 is 24.7 Å². The third-order valence-electron chi connectivity index (χ3n) is 2.81. The molecule has 0 spiro atoms. The van der Waals surface area contributed by atoms with Crippen LogP contribution in [0.3, 0.4) is 0 Å². The number of benzene rings is 3. The summed E-state index contributed by atoms with van der Waals surface area (Å²) in [4.78, 5) is 19.8. The zero-order chi connectivity index (χ0) is 16.5. The third kappa shape index (κ3) is 6.43. The zero-order valence-electron chi connectivity index (χ0n) is 12.3. The van der Waals surface area contributed by atoms with Crippen molar-refractivity contribution in [2.24, 2.45) is 0 Å². The molecule has 3 aromatic carbocycles. The summed E-state index contributed by atoms with van der Waals surface area (Å²) in [6, 6.07) is 28.5. The van der Waals surface area contributed by atoms with Gasteiger partial charge in [0.25, 0.3) is 0 Å². The van der Waals surface area contributed by atoms with Gasteiger partial charge in [-0.2, -0.15) is 0 Å². The van der Waals surface area contributed by atoms with E-state index in [2.05, 4.69) is 48.5 Å². The van der Waals surface area contributed by atoms with Crippen LogP contribution < -0.4 is 5.30 Å². The summed E-state index contributed by atoms with van der Waals surface area (Å²) in [5, 5.41) is 0.0648. The fraction of sp³-hybridized carbons (Fsp3) is 0. The SMILES string of the molecule is O=P(O)(O)c1ccccc1.c1ccc(Sc2ccccc2)cc1. The van der Waals surface area contributed by atoms with Crippen LogP contribution in [0.4, 0.5) is 0 Å². The van der Waals surface area contributed by atoms with E-state index in [0.29, 0.717) is 0 Å². The maximum absolute atomic E-state index is 10.5. The molecule has 3 aromatic rings. The topological polar surface area (TPSA) is 57.5 Å². The van der Waals surface area contributed by atoms with Crippen LogP contribution in [0.25, 0.3) is 0 Å². The van der Waals surface area contributed by atoms with E-state index in [4.69, 9.17) is 9.79 Å². The average Bonchev–Trinajstić information content (AvgIpc) is 2.57. The van der Waals surface area contributed by atoms with Crippen LogP contribution in [-0.4, -0.2) is 9.79 Å². The Labute approximate surface area is 140 Å². The fourth-order valence-electron chi connectivity index (χ4n) is 1.74. The highest BCUT2D eigenvalue weighted by atomic mass is 32.2. The van der Waals surface area contributed by atoms with Crippen molar-refractivity contribution in [1.82, 2.24) is 0 Å². The van der Waals surface area contributed by atoms with Gasteiger partial charge in [0.2, 0.25) is 0 Å². The van der Waals surface area contributed by atoms with Crippen molar-refractivity contribution in [2.75, 3.05) is 0 Å². The molecule has 5 heteroatoms. The quantitative estimate of drug-likeness (QED) is 0.695. The van der Waals surface area contributed by atoms with Crippen molar-refractivity contribution in [3.8, 4) is 0 Å². The zero-order valence-corrected chi connectivity index (χ0v) is 14.0.